The summed E-state index contributed by atoms with van der Waals surface area (Å²) in [5.41, 5.74) is 6.13. The third-order valence-corrected chi connectivity index (χ3v) is 3.24. The number of rotatable bonds is 5. The number of benzene rings is 2. The van der Waals surface area contributed by atoms with Gasteiger partial charge in [0.1, 0.15) is 5.75 Å². The van der Waals surface area contributed by atoms with Crippen LogP contribution in [0.25, 0.3) is 0 Å². The van der Waals surface area contributed by atoms with Crippen LogP contribution in [0.15, 0.2) is 47.6 Å². The summed E-state index contributed by atoms with van der Waals surface area (Å²) in [6.07, 6.45) is 2.82. The first kappa shape index (κ1) is 14.4. The standard InChI is InChI=1S/C16H17ClN2O/c1-3-12-4-6-13(7-5-12)11-18-19-14-8-9-16(20-2)15(17)10-14/h4-11,19H,3H2,1-2H3/b18-11+. The van der Waals surface area contributed by atoms with Gasteiger partial charge in [-0.3, -0.25) is 5.43 Å². The van der Waals surface area contributed by atoms with E-state index in [-0.39, 0.29) is 0 Å². The summed E-state index contributed by atoms with van der Waals surface area (Å²) in [6, 6.07) is 13.7. The predicted molar refractivity (Wildman–Crippen MR) is 85.0 cm³/mol. The maximum Gasteiger partial charge on any atom is 0.137 e. The van der Waals surface area contributed by atoms with Gasteiger partial charge in [0, 0.05) is 0 Å². The second-order valence-electron chi connectivity index (χ2n) is 4.31. The zero-order valence-corrected chi connectivity index (χ0v) is 12.3. The fraction of sp³-hybridized carbons (Fsp3) is 0.188. The highest BCUT2D eigenvalue weighted by Crippen LogP contribution is 2.27. The van der Waals surface area contributed by atoms with E-state index in [4.69, 9.17) is 16.3 Å². The molecule has 0 aliphatic heterocycles. The second kappa shape index (κ2) is 6.96. The van der Waals surface area contributed by atoms with Gasteiger partial charge in [-0.1, -0.05) is 42.8 Å². The monoisotopic (exact) mass is 288 g/mol. The van der Waals surface area contributed by atoms with Gasteiger partial charge in [-0.2, -0.15) is 5.10 Å². The van der Waals surface area contributed by atoms with Crippen molar-refractivity contribution in [3.8, 4) is 5.75 Å². The van der Waals surface area contributed by atoms with Crippen LogP contribution in [0.5, 0.6) is 5.75 Å². The number of hydrazone groups is 1. The molecule has 3 nitrogen and oxygen atoms in total. The highest BCUT2D eigenvalue weighted by atomic mass is 35.5. The fourth-order valence-corrected chi connectivity index (χ4v) is 2.01. The van der Waals surface area contributed by atoms with Crippen molar-refractivity contribution in [2.75, 3.05) is 12.5 Å². The largest absolute Gasteiger partial charge is 0.495 e. The van der Waals surface area contributed by atoms with Crippen LogP contribution in [0, 0.1) is 0 Å². The topological polar surface area (TPSA) is 33.6 Å². The third-order valence-electron chi connectivity index (χ3n) is 2.95. The Balaban J connectivity index is 2.00. The summed E-state index contributed by atoms with van der Waals surface area (Å²) in [5.74, 6) is 0.649. The highest BCUT2D eigenvalue weighted by Gasteiger charge is 2.00. The van der Waals surface area contributed by atoms with Crippen molar-refractivity contribution in [1.29, 1.82) is 0 Å². The van der Waals surface area contributed by atoms with Crippen LogP contribution in [0.1, 0.15) is 18.1 Å². The van der Waals surface area contributed by atoms with E-state index in [1.807, 2.05) is 18.2 Å². The number of nitrogens with zero attached hydrogens (tertiary/aromatic N) is 1. The fourth-order valence-electron chi connectivity index (χ4n) is 1.76. The second-order valence-corrected chi connectivity index (χ2v) is 4.72. The van der Waals surface area contributed by atoms with E-state index in [9.17, 15) is 0 Å². The van der Waals surface area contributed by atoms with Crippen molar-refractivity contribution < 1.29 is 4.74 Å². The van der Waals surface area contributed by atoms with Crippen molar-refractivity contribution in [3.05, 3.63) is 58.6 Å². The molecule has 4 heteroatoms. The van der Waals surface area contributed by atoms with Crippen LogP contribution in [0.4, 0.5) is 5.69 Å². The Morgan fingerprint density at radius 3 is 2.55 bits per heavy atom. The molecular formula is C16H17ClN2O. The molecule has 0 spiro atoms. The van der Waals surface area contributed by atoms with Crippen LogP contribution in [0.3, 0.4) is 0 Å². The molecule has 20 heavy (non-hydrogen) atoms. The SMILES string of the molecule is CCc1ccc(/C=N/Nc2ccc(OC)c(Cl)c2)cc1. The molecule has 0 radical (unpaired) electrons. The molecule has 0 bridgehead atoms. The van der Waals surface area contributed by atoms with Crippen LogP contribution in [-0.4, -0.2) is 13.3 Å². The maximum absolute atomic E-state index is 6.04. The van der Waals surface area contributed by atoms with E-state index in [0.29, 0.717) is 10.8 Å². The zero-order valence-electron chi connectivity index (χ0n) is 11.6. The molecule has 0 atom stereocenters. The highest BCUT2D eigenvalue weighted by molar-refractivity contribution is 6.32. The van der Waals surface area contributed by atoms with E-state index in [1.54, 1.807) is 25.5 Å². The third kappa shape index (κ3) is 3.75. The van der Waals surface area contributed by atoms with E-state index in [0.717, 1.165) is 17.7 Å². The van der Waals surface area contributed by atoms with Gasteiger partial charge < -0.3 is 4.74 Å². The van der Waals surface area contributed by atoms with Gasteiger partial charge in [0.05, 0.1) is 24.0 Å². The molecule has 0 aromatic heterocycles. The van der Waals surface area contributed by atoms with Crippen molar-refractivity contribution in [1.82, 2.24) is 0 Å². The van der Waals surface area contributed by atoms with Gasteiger partial charge in [-0.25, -0.2) is 0 Å². The molecule has 2 aromatic carbocycles. The Kier molecular flexibility index (Phi) is 5.02. The summed E-state index contributed by atoms with van der Waals surface area (Å²) in [6.45, 7) is 2.14. The lowest BCUT2D eigenvalue weighted by atomic mass is 10.1. The van der Waals surface area contributed by atoms with E-state index < -0.39 is 0 Å². The minimum Gasteiger partial charge on any atom is -0.495 e. The number of anilines is 1. The number of hydrogen-bond donors (Lipinski definition) is 1. The summed E-state index contributed by atoms with van der Waals surface area (Å²) < 4.78 is 5.10. The molecule has 2 rings (SSSR count). The molecule has 2 aromatic rings. The lowest BCUT2D eigenvalue weighted by molar-refractivity contribution is 0.415. The van der Waals surface area contributed by atoms with Gasteiger partial charge in [-0.05, 0) is 35.7 Å². The summed E-state index contributed by atoms with van der Waals surface area (Å²) in [4.78, 5) is 0. The average molecular weight is 289 g/mol. The van der Waals surface area contributed by atoms with E-state index >= 15 is 0 Å². The molecule has 0 unspecified atom stereocenters. The normalized spacial score (nSPS) is 10.8. The minimum absolute atomic E-state index is 0.556. The molecule has 0 heterocycles. The maximum atomic E-state index is 6.04. The Morgan fingerprint density at radius 2 is 1.95 bits per heavy atom. The first-order valence-corrected chi connectivity index (χ1v) is 6.82. The van der Waals surface area contributed by atoms with Gasteiger partial charge in [0.15, 0.2) is 0 Å². The van der Waals surface area contributed by atoms with Gasteiger partial charge in [-0.15, -0.1) is 0 Å². The van der Waals surface area contributed by atoms with Crippen LogP contribution in [-0.2, 0) is 6.42 Å². The molecule has 0 saturated heterocycles. The van der Waals surface area contributed by atoms with Crippen LogP contribution < -0.4 is 10.2 Å². The molecule has 0 aliphatic rings. The van der Waals surface area contributed by atoms with Crippen molar-refractivity contribution in [2.24, 2.45) is 5.10 Å². The van der Waals surface area contributed by atoms with Crippen LogP contribution >= 0.6 is 11.6 Å². The van der Waals surface area contributed by atoms with Crippen molar-refractivity contribution in [2.45, 2.75) is 13.3 Å². The molecule has 1 N–H and O–H groups in total. The first-order valence-electron chi connectivity index (χ1n) is 6.44. The zero-order chi connectivity index (χ0) is 14.4. The molecule has 0 aliphatic carbocycles. The summed E-state index contributed by atoms with van der Waals surface area (Å²) >= 11 is 6.04. The number of nitrogens with one attached hydrogen (secondary N) is 1. The Hall–Kier alpha value is -2.00. The van der Waals surface area contributed by atoms with Crippen molar-refractivity contribution in [3.63, 3.8) is 0 Å². The molecule has 0 fully saturated rings. The quantitative estimate of drug-likeness (QED) is 0.655. The average Bonchev–Trinajstić information content (AvgIpc) is 2.48. The number of methoxy groups -OCH3 is 1. The summed E-state index contributed by atoms with van der Waals surface area (Å²) in [7, 11) is 1.59. The first-order chi connectivity index (χ1) is 9.72. The van der Waals surface area contributed by atoms with Crippen LogP contribution in [0.2, 0.25) is 5.02 Å². The molecular weight excluding hydrogens is 272 g/mol. The Labute approximate surface area is 124 Å². The number of halogens is 1. The minimum atomic E-state index is 0.556. The number of aryl methyl sites for hydroxylation is 1. The van der Waals surface area contributed by atoms with Crippen molar-refractivity contribution >= 4 is 23.5 Å². The lowest BCUT2D eigenvalue weighted by Crippen LogP contribution is -1.92. The summed E-state index contributed by atoms with van der Waals surface area (Å²) in [5, 5.41) is 4.75. The molecule has 104 valence electrons. The predicted octanol–water partition coefficient (Wildman–Crippen LogP) is 4.36. The lowest BCUT2D eigenvalue weighted by Gasteiger charge is -2.05. The van der Waals surface area contributed by atoms with E-state index in [1.165, 1.54) is 5.56 Å². The molecule has 0 amide bonds. The molecule has 0 saturated carbocycles. The van der Waals surface area contributed by atoms with Gasteiger partial charge in [0.25, 0.3) is 0 Å². The van der Waals surface area contributed by atoms with Gasteiger partial charge >= 0.3 is 0 Å². The number of ether oxygens (including phenoxy) is 1. The smallest absolute Gasteiger partial charge is 0.137 e. The van der Waals surface area contributed by atoms with E-state index in [2.05, 4.69) is 29.6 Å². The number of hydrogen-bond acceptors (Lipinski definition) is 3. The Morgan fingerprint density at radius 1 is 1.20 bits per heavy atom. The van der Waals surface area contributed by atoms with Gasteiger partial charge in [0.2, 0.25) is 0 Å². The Bertz CT molecular complexity index is 594.